The number of hydrogen-bond donors (Lipinski definition) is 0. The summed E-state index contributed by atoms with van der Waals surface area (Å²) in [4.78, 5) is 42.7. The second-order valence-electron chi connectivity index (χ2n) is 8.35. The molecule has 0 spiro atoms. The number of benzene rings is 2. The van der Waals surface area contributed by atoms with E-state index in [4.69, 9.17) is 4.74 Å². The zero-order valence-electron chi connectivity index (χ0n) is 18.4. The molecular formula is C25H28N2O5S. The smallest absolute Gasteiger partial charge is 0.410 e. The number of nitrogens with zero attached hydrogens (tertiary/aromatic N) is 2. The summed E-state index contributed by atoms with van der Waals surface area (Å²) in [5, 5.41) is 0. The van der Waals surface area contributed by atoms with Gasteiger partial charge in [-0.3, -0.25) is 18.7 Å². The Morgan fingerprint density at radius 1 is 0.848 bits per heavy atom. The molecule has 3 atom stereocenters. The highest BCUT2D eigenvalue weighted by Gasteiger charge is 2.42. The third-order valence-electron chi connectivity index (χ3n) is 6.16. The van der Waals surface area contributed by atoms with Gasteiger partial charge in [0.15, 0.2) is 5.78 Å². The first-order valence-corrected chi connectivity index (χ1v) is 12.6. The van der Waals surface area contributed by atoms with E-state index in [-0.39, 0.29) is 24.1 Å². The van der Waals surface area contributed by atoms with Crippen LogP contribution >= 0.6 is 0 Å². The predicted octanol–water partition coefficient (Wildman–Crippen LogP) is 3.16. The third kappa shape index (κ3) is 5.50. The summed E-state index contributed by atoms with van der Waals surface area (Å²) in [6.45, 7) is 1.07. The van der Waals surface area contributed by atoms with Gasteiger partial charge < -0.3 is 9.64 Å². The summed E-state index contributed by atoms with van der Waals surface area (Å²) in [5.41, 5.74) is 0.879. The lowest BCUT2D eigenvalue weighted by atomic mass is 10.1. The molecule has 2 aliphatic heterocycles. The molecule has 0 bridgehead atoms. The van der Waals surface area contributed by atoms with E-state index >= 15 is 0 Å². The molecule has 0 unspecified atom stereocenters. The highest BCUT2D eigenvalue weighted by Crippen LogP contribution is 2.26. The normalized spacial score (nSPS) is 21.1. The second-order valence-corrected chi connectivity index (χ2v) is 9.80. The van der Waals surface area contributed by atoms with Crippen LogP contribution in [0.3, 0.4) is 0 Å². The van der Waals surface area contributed by atoms with Crippen molar-refractivity contribution in [2.45, 2.75) is 49.3 Å². The number of Topliss-reactive ketones (excluding diaryl/α,β-unsaturated/α-hetero) is 1. The zero-order chi connectivity index (χ0) is 23.2. The van der Waals surface area contributed by atoms with Crippen molar-refractivity contribution in [3.8, 4) is 0 Å². The average molecular weight is 469 g/mol. The first-order valence-electron chi connectivity index (χ1n) is 11.3. The van der Waals surface area contributed by atoms with Crippen molar-refractivity contribution in [2.75, 3.05) is 18.8 Å². The van der Waals surface area contributed by atoms with Crippen LogP contribution in [-0.4, -0.2) is 62.7 Å². The third-order valence-corrected chi connectivity index (χ3v) is 7.51. The molecule has 0 aromatic heterocycles. The van der Waals surface area contributed by atoms with E-state index in [1.165, 1.54) is 4.90 Å². The average Bonchev–Trinajstić information content (AvgIpc) is 3.53. The number of carbonyl (C=O) groups is 3. The molecule has 7 nitrogen and oxygen atoms in total. The van der Waals surface area contributed by atoms with Crippen molar-refractivity contribution in [3.05, 3.63) is 66.2 Å². The number of likely N-dealkylation sites (tertiary alicyclic amines) is 2. The van der Waals surface area contributed by atoms with Crippen LogP contribution < -0.4 is 0 Å². The lowest BCUT2D eigenvalue weighted by Gasteiger charge is -2.30. The fourth-order valence-electron chi connectivity index (χ4n) is 4.48. The summed E-state index contributed by atoms with van der Waals surface area (Å²) in [6, 6.07) is 17.1. The maximum absolute atomic E-state index is 13.4. The van der Waals surface area contributed by atoms with Crippen molar-refractivity contribution in [3.63, 3.8) is 0 Å². The van der Waals surface area contributed by atoms with Gasteiger partial charge in [-0.05, 0) is 43.4 Å². The highest BCUT2D eigenvalue weighted by molar-refractivity contribution is 7.85. The minimum Gasteiger partial charge on any atom is -0.445 e. The summed E-state index contributed by atoms with van der Waals surface area (Å²) in [7, 11) is -1.45. The second kappa shape index (κ2) is 10.7. The van der Waals surface area contributed by atoms with E-state index in [0.29, 0.717) is 43.7 Å². The summed E-state index contributed by atoms with van der Waals surface area (Å²) < 4.78 is 18.0. The monoisotopic (exact) mass is 468 g/mol. The molecule has 2 fully saturated rings. The molecule has 33 heavy (non-hydrogen) atoms. The fourth-order valence-corrected chi connectivity index (χ4v) is 5.56. The maximum atomic E-state index is 13.4. The van der Waals surface area contributed by atoms with Gasteiger partial charge in [0, 0.05) is 18.0 Å². The predicted molar refractivity (Wildman–Crippen MR) is 124 cm³/mol. The molecule has 0 saturated carbocycles. The van der Waals surface area contributed by atoms with Crippen LogP contribution in [0.1, 0.15) is 31.2 Å². The minimum atomic E-state index is -1.45. The van der Waals surface area contributed by atoms with Crippen LogP contribution in [0.2, 0.25) is 0 Å². The molecule has 2 heterocycles. The van der Waals surface area contributed by atoms with Gasteiger partial charge in [0.1, 0.15) is 12.6 Å². The van der Waals surface area contributed by atoms with E-state index < -0.39 is 29.0 Å². The maximum Gasteiger partial charge on any atom is 0.410 e. The van der Waals surface area contributed by atoms with Crippen LogP contribution in [0.25, 0.3) is 0 Å². The lowest BCUT2D eigenvalue weighted by molar-refractivity contribution is -0.140. The van der Waals surface area contributed by atoms with Crippen LogP contribution in [0.5, 0.6) is 0 Å². The van der Waals surface area contributed by atoms with Crippen LogP contribution in [0.4, 0.5) is 4.79 Å². The number of hydrogen-bond acceptors (Lipinski definition) is 5. The molecule has 0 N–H and O–H groups in total. The first kappa shape index (κ1) is 23.2. The molecule has 174 valence electrons. The molecule has 2 aromatic rings. The zero-order valence-corrected chi connectivity index (χ0v) is 19.2. The van der Waals surface area contributed by atoms with Gasteiger partial charge in [-0.25, -0.2) is 4.79 Å². The topological polar surface area (TPSA) is 84.0 Å². The lowest BCUT2D eigenvalue weighted by Crippen LogP contribution is -2.51. The molecular weight excluding hydrogens is 440 g/mol. The summed E-state index contributed by atoms with van der Waals surface area (Å²) in [5.74, 6) is -0.531. The Labute approximate surface area is 196 Å². The molecule has 2 amide bonds. The van der Waals surface area contributed by atoms with Crippen LogP contribution in [0.15, 0.2) is 65.6 Å². The quantitative estimate of drug-likeness (QED) is 0.623. The number of ketones is 1. The van der Waals surface area contributed by atoms with Crippen molar-refractivity contribution in [1.29, 1.82) is 0 Å². The van der Waals surface area contributed by atoms with E-state index in [1.54, 1.807) is 29.2 Å². The Kier molecular flexibility index (Phi) is 7.54. The van der Waals surface area contributed by atoms with Crippen molar-refractivity contribution < 1.29 is 23.3 Å². The molecule has 8 heteroatoms. The van der Waals surface area contributed by atoms with Crippen LogP contribution in [0, 0.1) is 0 Å². The highest BCUT2D eigenvalue weighted by atomic mass is 32.2. The van der Waals surface area contributed by atoms with Gasteiger partial charge in [-0.15, -0.1) is 0 Å². The van der Waals surface area contributed by atoms with E-state index in [1.807, 2.05) is 36.4 Å². The number of carbonyl (C=O) groups excluding carboxylic acids is 3. The molecule has 0 radical (unpaired) electrons. The SMILES string of the molecule is O=C(C[S@@](=O)c1ccccc1)[C@@H]1CCCN1C(=O)[C@@H]1CCCN1C(=O)OCc1ccccc1. The molecule has 2 aromatic carbocycles. The standard InChI is InChI=1S/C25H28N2O5S/c28-23(18-33(31)20-11-5-2-6-12-20)21-13-7-15-26(21)24(29)22-14-8-16-27(22)25(30)32-17-19-9-3-1-4-10-19/h1-6,9-12,21-22H,7-8,13-18H2/t21-,22-,33+/m0/s1. The number of ether oxygens (including phenoxy) is 1. The van der Waals surface area contributed by atoms with Gasteiger partial charge in [0.2, 0.25) is 5.91 Å². The Morgan fingerprint density at radius 3 is 2.15 bits per heavy atom. The minimum absolute atomic E-state index is 0.119. The van der Waals surface area contributed by atoms with E-state index in [2.05, 4.69) is 0 Å². The van der Waals surface area contributed by atoms with Crippen molar-refractivity contribution >= 4 is 28.6 Å². The Bertz CT molecular complexity index is 1010. The van der Waals surface area contributed by atoms with Crippen molar-refractivity contribution in [2.24, 2.45) is 0 Å². The van der Waals surface area contributed by atoms with Gasteiger partial charge >= 0.3 is 6.09 Å². The summed E-state index contributed by atoms with van der Waals surface area (Å²) in [6.07, 6.45) is 2.02. The molecule has 2 saturated heterocycles. The van der Waals surface area contributed by atoms with Gasteiger partial charge in [0.25, 0.3) is 0 Å². The van der Waals surface area contributed by atoms with Gasteiger partial charge in [-0.2, -0.15) is 0 Å². The Hall–Kier alpha value is -3.00. The van der Waals surface area contributed by atoms with E-state index in [0.717, 1.165) is 5.56 Å². The first-order chi connectivity index (χ1) is 16.0. The Morgan fingerprint density at radius 2 is 1.45 bits per heavy atom. The van der Waals surface area contributed by atoms with Crippen LogP contribution in [-0.2, 0) is 31.7 Å². The van der Waals surface area contributed by atoms with E-state index in [9.17, 15) is 18.6 Å². The summed E-state index contributed by atoms with van der Waals surface area (Å²) >= 11 is 0. The molecule has 0 aliphatic carbocycles. The number of rotatable bonds is 7. The molecule has 4 rings (SSSR count). The van der Waals surface area contributed by atoms with Crippen molar-refractivity contribution in [1.82, 2.24) is 9.80 Å². The van der Waals surface area contributed by atoms with Gasteiger partial charge in [-0.1, -0.05) is 48.5 Å². The van der Waals surface area contributed by atoms with Gasteiger partial charge in [0.05, 0.1) is 22.6 Å². The molecule has 2 aliphatic rings. The largest absolute Gasteiger partial charge is 0.445 e. The fraction of sp³-hybridized carbons (Fsp3) is 0.400. The Balaban J connectivity index is 1.37. The number of amides is 2.